The molecule has 0 spiro atoms. The van der Waals surface area contributed by atoms with Crippen molar-refractivity contribution >= 4 is 11.9 Å². The van der Waals surface area contributed by atoms with Gasteiger partial charge in [0, 0.05) is 12.5 Å². The number of carboxylic acid groups (broad SMARTS) is 1. The van der Waals surface area contributed by atoms with Gasteiger partial charge in [0.05, 0.1) is 12.7 Å². The second-order valence-corrected chi connectivity index (χ2v) is 4.81. The molecule has 0 aliphatic heterocycles. The number of carbonyl (C=O) groups excluding carboxylic acids is 1. The Hall–Kier alpha value is -2.24. The number of phenols is 1. The highest BCUT2D eigenvalue weighted by atomic mass is 16.5. The van der Waals surface area contributed by atoms with Crippen molar-refractivity contribution in [1.82, 2.24) is 0 Å². The Kier molecular flexibility index (Phi) is 10.3. The lowest BCUT2D eigenvalue weighted by Gasteiger charge is -2.02. The minimum absolute atomic E-state index is 0.0933. The van der Waals surface area contributed by atoms with E-state index in [-0.39, 0.29) is 11.3 Å². The number of hydrogen-bond acceptors (Lipinski definition) is 4. The Morgan fingerprint density at radius 3 is 2.27 bits per heavy atom. The number of aromatic hydroxyl groups is 1. The molecule has 0 bridgehead atoms. The van der Waals surface area contributed by atoms with Gasteiger partial charge in [-0.3, -0.25) is 9.59 Å². The van der Waals surface area contributed by atoms with Crippen LogP contribution in [0.1, 0.15) is 55.8 Å². The van der Waals surface area contributed by atoms with Crippen molar-refractivity contribution in [3.63, 3.8) is 0 Å². The monoisotopic (exact) mass is 311 g/mol. The largest absolute Gasteiger partial charge is 0.507 e. The molecule has 0 atom stereocenters. The van der Waals surface area contributed by atoms with Crippen LogP contribution in [0.3, 0.4) is 0 Å². The summed E-state index contributed by atoms with van der Waals surface area (Å²) in [5.74, 6) is -1.01. The summed E-state index contributed by atoms with van der Waals surface area (Å²) in [5.41, 5.74) is 5.06. The van der Waals surface area contributed by atoms with Crippen LogP contribution in [0.4, 0.5) is 0 Å². The summed E-state index contributed by atoms with van der Waals surface area (Å²) in [7, 11) is 1.47. The molecule has 0 saturated carbocycles. The number of primary amides is 1. The maximum absolute atomic E-state index is 10.6. The van der Waals surface area contributed by atoms with E-state index in [0.29, 0.717) is 12.2 Å². The van der Waals surface area contributed by atoms with E-state index in [0.717, 1.165) is 12.8 Å². The van der Waals surface area contributed by atoms with Crippen LogP contribution in [0.25, 0.3) is 0 Å². The number of benzene rings is 1. The molecule has 6 heteroatoms. The number of unbranched alkanes of at least 4 members (excludes halogenated alkanes) is 4. The van der Waals surface area contributed by atoms with E-state index in [4.69, 9.17) is 15.6 Å². The summed E-state index contributed by atoms with van der Waals surface area (Å²) in [6, 6.07) is 4.30. The van der Waals surface area contributed by atoms with Gasteiger partial charge >= 0.3 is 5.97 Å². The standard InChI is InChI=1S/C8H9NO3.C8H16O2/c1-12-5-2-3-6(8(9)11)7(10)4-5;1-2-3-4-5-6-7-8(9)10/h2-4,10H,1H3,(H2,9,11);2-7H2,1H3,(H,9,10). The van der Waals surface area contributed by atoms with Gasteiger partial charge in [-0.1, -0.05) is 32.6 Å². The van der Waals surface area contributed by atoms with Crippen LogP contribution < -0.4 is 10.5 Å². The molecule has 0 aromatic heterocycles. The summed E-state index contributed by atoms with van der Waals surface area (Å²) in [5, 5.41) is 17.5. The van der Waals surface area contributed by atoms with E-state index in [2.05, 4.69) is 6.92 Å². The molecule has 1 rings (SSSR count). The van der Waals surface area contributed by atoms with Gasteiger partial charge in [-0.05, 0) is 18.6 Å². The zero-order valence-corrected chi connectivity index (χ0v) is 13.2. The van der Waals surface area contributed by atoms with E-state index < -0.39 is 11.9 Å². The van der Waals surface area contributed by atoms with E-state index in [1.54, 1.807) is 6.07 Å². The number of carboxylic acids is 1. The van der Waals surface area contributed by atoms with Crippen LogP contribution in [-0.4, -0.2) is 29.2 Å². The Morgan fingerprint density at radius 2 is 1.82 bits per heavy atom. The number of methoxy groups -OCH3 is 1. The Morgan fingerprint density at radius 1 is 1.18 bits per heavy atom. The van der Waals surface area contributed by atoms with Crippen molar-refractivity contribution in [1.29, 1.82) is 0 Å². The van der Waals surface area contributed by atoms with Gasteiger partial charge in [0.2, 0.25) is 0 Å². The van der Waals surface area contributed by atoms with Crippen molar-refractivity contribution in [2.24, 2.45) is 5.73 Å². The van der Waals surface area contributed by atoms with Crippen molar-refractivity contribution in [2.75, 3.05) is 7.11 Å². The molecule has 0 saturated heterocycles. The molecule has 0 heterocycles. The summed E-state index contributed by atoms with van der Waals surface area (Å²) in [6.07, 6.45) is 5.88. The number of carbonyl (C=O) groups is 2. The van der Waals surface area contributed by atoms with E-state index in [1.807, 2.05) is 0 Å². The third-order valence-electron chi connectivity index (χ3n) is 2.96. The van der Waals surface area contributed by atoms with Crippen LogP contribution in [0.5, 0.6) is 11.5 Å². The molecule has 22 heavy (non-hydrogen) atoms. The van der Waals surface area contributed by atoms with Gasteiger partial charge in [0.15, 0.2) is 0 Å². The third kappa shape index (κ3) is 8.84. The fourth-order valence-electron chi connectivity index (χ4n) is 1.73. The zero-order valence-electron chi connectivity index (χ0n) is 13.2. The Bertz CT molecular complexity index is 474. The molecule has 124 valence electrons. The average Bonchev–Trinajstić information content (AvgIpc) is 2.47. The first kappa shape index (κ1) is 19.8. The molecule has 0 fully saturated rings. The molecule has 0 aliphatic rings. The quantitative estimate of drug-likeness (QED) is 0.639. The minimum atomic E-state index is -0.670. The molecule has 0 unspecified atom stereocenters. The Labute approximate surface area is 130 Å². The van der Waals surface area contributed by atoms with Crippen molar-refractivity contribution < 1.29 is 24.5 Å². The second kappa shape index (κ2) is 11.4. The third-order valence-corrected chi connectivity index (χ3v) is 2.96. The lowest BCUT2D eigenvalue weighted by atomic mass is 10.1. The lowest BCUT2D eigenvalue weighted by Crippen LogP contribution is -2.10. The summed E-state index contributed by atoms with van der Waals surface area (Å²) in [4.78, 5) is 20.7. The highest BCUT2D eigenvalue weighted by Crippen LogP contribution is 2.22. The maximum Gasteiger partial charge on any atom is 0.303 e. The van der Waals surface area contributed by atoms with Crippen LogP contribution in [-0.2, 0) is 4.79 Å². The molecule has 4 N–H and O–H groups in total. The van der Waals surface area contributed by atoms with Gasteiger partial charge in [-0.25, -0.2) is 0 Å². The molecule has 1 aromatic rings. The summed E-state index contributed by atoms with van der Waals surface area (Å²) in [6.45, 7) is 2.15. The first-order valence-corrected chi connectivity index (χ1v) is 7.31. The predicted octanol–water partition coefficient (Wildman–Crippen LogP) is 2.93. The predicted molar refractivity (Wildman–Crippen MR) is 84.2 cm³/mol. The topological polar surface area (TPSA) is 110 Å². The fourth-order valence-corrected chi connectivity index (χ4v) is 1.73. The number of aliphatic carboxylic acids is 1. The van der Waals surface area contributed by atoms with Gasteiger partial charge in [-0.2, -0.15) is 0 Å². The summed E-state index contributed by atoms with van der Waals surface area (Å²) < 4.78 is 4.82. The first-order valence-electron chi connectivity index (χ1n) is 7.31. The van der Waals surface area contributed by atoms with Crippen LogP contribution in [0.2, 0.25) is 0 Å². The molecule has 0 aliphatic carbocycles. The van der Waals surface area contributed by atoms with E-state index in [1.165, 1.54) is 38.5 Å². The number of amides is 1. The summed E-state index contributed by atoms with van der Waals surface area (Å²) >= 11 is 0. The van der Waals surface area contributed by atoms with Crippen LogP contribution >= 0.6 is 0 Å². The molecule has 0 radical (unpaired) electrons. The fraction of sp³-hybridized carbons (Fsp3) is 0.500. The van der Waals surface area contributed by atoms with Gasteiger partial charge in [-0.15, -0.1) is 0 Å². The van der Waals surface area contributed by atoms with E-state index in [9.17, 15) is 14.7 Å². The lowest BCUT2D eigenvalue weighted by molar-refractivity contribution is -0.137. The van der Waals surface area contributed by atoms with Crippen molar-refractivity contribution in [3.05, 3.63) is 23.8 Å². The SMILES string of the molecule is CCCCCCCC(=O)O.COc1ccc(C(N)=O)c(O)c1. The molecular formula is C16H25NO5. The molecule has 1 amide bonds. The number of nitrogens with two attached hydrogens (primary N) is 1. The number of rotatable bonds is 8. The highest BCUT2D eigenvalue weighted by molar-refractivity contribution is 5.95. The minimum Gasteiger partial charge on any atom is -0.507 e. The number of hydrogen-bond donors (Lipinski definition) is 3. The highest BCUT2D eigenvalue weighted by Gasteiger charge is 2.07. The molecule has 1 aromatic carbocycles. The first-order chi connectivity index (χ1) is 10.4. The van der Waals surface area contributed by atoms with Gasteiger partial charge in [0.25, 0.3) is 5.91 Å². The van der Waals surface area contributed by atoms with Crippen LogP contribution in [0.15, 0.2) is 18.2 Å². The van der Waals surface area contributed by atoms with Gasteiger partial charge in [0.1, 0.15) is 11.5 Å². The van der Waals surface area contributed by atoms with E-state index >= 15 is 0 Å². The maximum atomic E-state index is 10.6. The van der Waals surface area contributed by atoms with Gasteiger partial charge < -0.3 is 20.7 Å². The second-order valence-electron chi connectivity index (χ2n) is 4.81. The average molecular weight is 311 g/mol. The van der Waals surface area contributed by atoms with Crippen molar-refractivity contribution in [2.45, 2.75) is 45.4 Å². The Balaban J connectivity index is 0.000000409. The van der Waals surface area contributed by atoms with Crippen molar-refractivity contribution in [3.8, 4) is 11.5 Å². The normalized spacial score (nSPS) is 9.55. The molecule has 6 nitrogen and oxygen atoms in total. The smallest absolute Gasteiger partial charge is 0.303 e. The zero-order chi connectivity index (χ0) is 17.0. The molecular weight excluding hydrogens is 286 g/mol. The number of ether oxygens (including phenoxy) is 1. The van der Waals surface area contributed by atoms with Crippen LogP contribution in [0, 0.1) is 0 Å².